The van der Waals surface area contributed by atoms with E-state index >= 15 is 0 Å². The summed E-state index contributed by atoms with van der Waals surface area (Å²) in [4.78, 5) is 0. The van der Waals surface area contributed by atoms with Crippen molar-refractivity contribution in [2.45, 2.75) is 0 Å². The Hall–Kier alpha value is -1.67. The van der Waals surface area contributed by atoms with Gasteiger partial charge in [0, 0.05) is 5.56 Å². The third-order valence-electron chi connectivity index (χ3n) is 2.57. The third-order valence-corrected chi connectivity index (χ3v) is 2.89. The monoisotopic (exact) mass is 248 g/mol. The van der Waals surface area contributed by atoms with E-state index in [9.17, 15) is 0 Å². The van der Waals surface area contributed by atoms with Crippen LogP contribution in [0.15, 0.2) is 42.5 Å². The molecule has 0 unspecified atom stereocenters. The molecular weight excluding hydrogens is 236 g/mol. The summed E-state index contributed by atoms with van der Waals surface area (Å²) in [6, 6.07) is 13.3. The van der Waals surface area contributed by atoms with Gasteiger partial charge in [0.25, 0.3) is 0 Å². The maximum Gasteiger partial charge on any atom is 0.128 e. The van der Waals surface area contributed by atoms with E-state index in [1.54, 1.807) is 14.2 Å². The van der Waals surface area contributed by atoms with E-state index in [1.165, 1.54) is 0 Å². The van der Waals surface area contributed by atoms with Crippen molar-refractivity contribution in [1.29, 1.82) is 0 Å². The molecule has 2 aromatic carbocycles. The van der Waals surface area contributed by atoms with Crippen molar-refractivity contribution in [2.75, 3.05) is 14.2 Å². The van der Waals surface area contributed by atoms with Crippen molar-refractivity contribution < 1.29 is 9.47 Å². The average molecular weight is 249 g/mol. The van der Waals surface area contributed by atoms with Gasteiger partial charge in [0.05, 0.1) is 19.2 Å². The van der Waals surface area contributed by atoms with Gasteiger partial charge >= 0.3 is 0 Å². The lowest BCUT2D eigenvalue weighted by molar-refractivity contribution is 0.414. The van der Waals surface area contributed by atoms with Crippen molar-refractivity contribution in [2.24, 2.45) is 0 Å². The van der Waals surface area contributed by atoms with Crippen LogP contribution >= 0.6 is 11.6 Å². The Balaban J connectivity index is 2.51. The molecule has 0 fully saturated rings. The van der Waals surface area contributed by atoms with E-state index in [-0.39, 0.29) is 0 Å². The lowest BCUT2D eigenvalue weighted by Gasteiger charge is -2.10. The summed E-state index contributed by atoms with van der Waals surface area (Å²) in [5.41, 5.74) is 1.91. The van der Waals surface area contributed by atoms with Crippen molar-refractivity contribution in [3.8, 4) is 22.6 Å². The fraction of sp³-hybridized carbons (Fsp3) is 0.143. The van der Waals surface area contributed by atoms with Gasteiger partial charge < -0.3 is 9.47 Å². The number of benzene rings is 2. The molecule has 0 saturated heterocycles. The Morgan fingerprint density at radius 1 is 0.882 bits per heavy atom. The molecule has 0 spiro atoms. The van der Waals surface area contributed by atoms with Crippen LogP contribution < -0.4 is 9.47 Å². The molecule has 3 heteroatoms. The van der Waals surface area contributed by atoms with Crippen LogP contribution in [0.2, 0.25) is 5.02 Å². The number of rotatable bonds is 3. The number of methoxy groups -OCH3 is 2. The van der Waals surface area contributed by atoms with Crippen molar-refractivity contribution in [3.63, 3.8) is 0 Å². The van der Waals surface area contributed by atoms with Crippen molar-refractivity contribution >= 4 is 11.6 Å². The minimum atomic E-state index is 0.675. The molecule has 0 aliphatic heterocycles. The molecule has 2 aromatic rings. The van der Waals surface area contributed by atoms with Crippen LogP contribution in [0.5, 0.6) is 11.5 Å². The van der Waals surface area contributed by atoms with Gasteiger partial charge in [0.2, 0.25) is 0 Å². The maximum absolute atomic E-state index is 6.21. The summed E-state index contributed by atoms with van der Waals surface area (Å²) in [6.45, 7) is 0. The van der Waals surface area contributed by atoms with Crippen molar-refractivity contribution in [3.05, 3.63) is 47.5 Å². The lowest BCUT2D eigenvalue weighted by atomic mass is 10.0. The zero-order chi connectivity index (χ0) is 12.3. The molecule has 0 bridgehead atoms. The largest absolute Gasteiger partial charge is 0.497 e. The van der Waals surface area contributed by atoms with E-state index in [1.807, 2.05) is 42.5 Å². The Kier molecular flexibility index (Phi) is 3.55. The van der Waals surface area contributed by atoms with Gasteiger partial charge in [-0.1, -0.05) is 29.8 Å². The van der Waals surface area contributed by atoms with E-state index < -0.39 is 0 Å². The zero-order valence-electron chi connectivity index (χ0n) is 9.74. The molecule has 0 radical (unpaired) electrons. The van der Waals surface area contributed by atoms with Gasteiger partial charge in [-0.3, -0.25) is 0 Å². The highest BCUT2D eigenvalue weighted by Gasteiger charge is 2.09. The summed E-state index contributed by atoms with van der Waals surface area (Å²) >= 11 is 6.21. The Morgan fingerprint density at radius 2 is 1.59 bits per heavy atom. The smallest absolute Gasteiger partial charge is 0.128 e. The quantitative estimate of drug-likeness (QED) is 0.817. The predicted molar refractivity (Wildman–Crippen MR) is 70.0 cm³/mol. The highest BCUT2D eigenvalue weighted by atomic mass is 35.5. The fourth-order valence-corrected chi connectivity index (χ4v) is 1.99. The van der Waals surface area contributed by atoms with Crippen molar-refractivity contribution in [1.82, 2.24) is 0 Å². The van der Waals surface area contributed by atoms with E-state index in [2.05, 4.69) is 0 Å². The summed E-state index contributed by atoms with van der Waals surface area (Å²) in [5, 5.41) is 0.675. The summed E-state index contributed by atoms with van der Waals surface area (Å²) in [7, 11) is 3.28. The number of hydrogen-bond acceptors (Lipinski definition) is 2. The van der Waals surface area contributed by atoms with Gasteiger partial charge in [-0.15, -0.1) is 0 Å². The Labute approximate surface area is 106 Å². The molecule has 0 aliphatic rings. The normalized spacial score (nSPS) is 10.1. The molecule has 17 heavy (non-hydrogen) atoms. The van der Waals surface area contributed by atoms with Crippen LogP contribution in [0, 0.1) is 0 Å². The molecule has 0 heterocycles. The number of ether oxygens (including phenoxy) is 2. The molecule has 0 aromatic heterocycles. The first-order valence-electron chi connectivity index (χ1n) is 5.23. The molecule has 2 nitrogen and oxygen atoms in total. The maximum atomic E-state index is 6.21. The van der Waals surface area contributed by atoms with Gasteiger partial charge in [-0.05, 0) is 29.8 Å². The number of halogens is 1. The second-order valence-electron chi connectivity index (χ2n) is 3.55. The van der Waals surface area contributed by atoms with Crippen LogP contribution in [0.3, 0.4) is 0 Å². The highest BCUT2D eigenvalue weighted by molar-refractivity contribution is 6.33. The van der Waals surface area contributed by atoms with Crippen LogP contribution in [-0.4, -0.2) is 14.2 Å². The number of hydrogen-bond donors (Lipinski definition) is 0. The fourth-order valence-electron chi connectivity index (χ4n) is 1.71. The average Bonchev–Trinajstić information content (AvgIpc) is 2.38. The van der Waals surface area contributed by atoms with Crippen LogP contribution in [0.1, 0.15) is 0 Å². The predicted octanol–water partition coefficient (Wildman–Crippen LogP) is 4.02. The molecule has 0 amide bonds. The second-order valence-corrected chi connectivity index (χ2v) is 3.95. The molecular formula is C14H13ClO2. The molecule has 0 saturated carbocycles. The van der Waals surface area contributed by atoms with Gasteiger partial charge in [-0.2, -0.15) is 0 Å². The first-order valence-corrected chi connectivity index (χ1v) is 5.61. The van der Waals surface area contributed by atoms with Crippen LogP contribution in [-0.2, 0) is 0 Å². The van der Waals surface area contributed by atoms with Gasteiger partial charge in [0.15, 0.2) is 0 Å². The van der Waals surface area contributed by atoms with Crippen LogP contribution in [0.25, 0.3) is 11.1 Å². The second kappa shape index (κ2) is 5.11. The summed E-state index contributed by atoms with van der Waals surface area (Å²) in [6.07, 6.45) is 0. The van der Waals surface area contributed by atoms with E-state index in [4.69, 9.17) is 21.1 Å². The molecule has 0 aliphatic carbocycles. The molecule has 88 valence electrons. The zero-order valence-corrected chi connectivity index (χ0v) is 10.5. The van der Waals surface area contributed by atoms with E-state index in [0.29, 0.717) is 5.02 Å². The molecule has 2 rings (SSSR count). The standard InChI is InChI=1S/C14H13ClO2/c1-16-11-8-6-10(7-9-11)14-12(15)4-3-5-13(14)17-2/h3-9H,1-2H3. The Bertz CT molecular complexity index is 506. The summed E-state index contributed by atoms with van der Waals surface area (Å²) in [5.74, 6) is 1.59. The van der Waals surface area contributed by atoms with Gasteiger partial charge in [-0.25, -0.2) is 0 Å². The minimum absolute atomic E-state index is 0.675. The third kappa shape index (κ3) is 2.37. The lowest BCUT2D eigenvalue weighted by Crippen LogP contribution is -1.89. The van der Waals surface area contributed by atoms with Gasteiger partial charge in [0.1, 0.15) is 11.5 Å². The minimum Gasteiger partial charge on any atom is -0.497 e. The summed E-state index contributed by atoms with van der Waals surface area (Å²) < 4.78 is 10.4. The molecule has 0 N–H and O–H groups in total. The Morgan fingerprint density at radius 3 is 2.18 bits per heavy atom. The van der Waals surface area contributed by atoms with Crippen LogP contribution in [0.4, 0.5) is 0 Å². The SMILES string of the molecule is COc1ccc(-c2c(Cl)cccc2OC)cc1. The highest BCUT2D eigenvalue weighted by Crippen LogP contribution is 2.36. The first-order chi connectivity index (χ1) is 8.26. The first kappa shape index (κ1) is 11.8. The molecule has 0 atom stereocenters. The topological polar surface area (TPSA) is 18.5 Å². The van der Waals surface area contributed by atoms with E-state index in [0.717, 1.165) is 22.6 Å².